The molecule has 0 bridgehead atoms. The van der Waals surface area contributed by atoms with Gasteiger partial charge in [-0.15, -0.1) is 0 Å². The number of benzene rings is 2. The minimum Gasteiger partial charge on any atom is -0.747 e. The summed E-state index contributed by atoms with van der Waals surface area (Å²) in [6, 6.07) is 11.3. The van der Waals surface area contributed by atoms with Gasteiger partial charge in [-0.05, 0) is 30.3 Å². The molecule has 0 aliphatic carbocycles. The second kappa shape index (κ2) is 13.9. The number of azo groups is 1. The van der Waals surface area contributed by atoms with Crippen LogP contribution in [0.5, 0.6) is 5.75 Å². The molecule has 140 valence electrons. The second-order valence-electron chi connectivity index (χ2n) is 4.68. The van der Waals surface area contributed by atoms with Gasteiger partial charge in [0.15, 0.2) is 0 Å². The van der Waals surface area contributed by atoms with Gasteiger partial charge in [-0.3, -0.25) is 5.04 Å². The van der Waals surface area contributed by atoms with Crippen molar-refractivity contribution in [1.82, 2.24) is 0 Å². The predicted octanol–water partition coefficient (Wildman–Crippen LogP) is -3.74. The zero-order chi connectivity index (χ0) is 19.0. The van der Waals surface area contributed by atoms with Crippen molar-refractivity contribution in [3.63, 3.8) is 0 Å². The topological polar surface area (TPSA) is 145 Å². The van der Waals surface area contributed by atoms with Gasteiger partial charge < -0.3 is 19.9 Å². The van der Waals surface area contributed by atoms with Gasteiger partial charge in [0.1, 0.15) is 21.7 Å². The maximum atomic E-state index is 10.7. The zero-order valence-corrected chi connectivity index (χ0v) is 21.0. The maximum Gasteiger partial charge on any atom is 1.00 e. The molecule has 0 aromatic heterocycles. The van der Waals surface area contributed by atoms with Crippen molar-refractivity contribution in [3.8, 4) is 5.75 Å². The van der Waals surface area contributed by atoms with Crippen LogP contribution < -0.4 is 74.4 Å². The zero-order valence-electron chi connectivity index (χ0n) is 15.3. The number of hydrogen-bond donors (Lipinski definition) is 1. The summed E-state index contributed by atoms with van der Waals surface area (Å²) >= 11 is 0.732. The number of ether oxygens (including phenoxy) is 1. The summed E-state index contributed by atoms with van der Waals surface area (Å²) in [5.41, 5.74) is 1.27. The molecule has 0 heterocycles. The van der Waals surface area contributed by atoms with Gasteiger partial charge >= 0.3 is 59.1 Å². The quantitative estimate of drug-likeness (QED) is 0.103. The van der Waals surface area contributed by atoms with Crippen molar-refractivity contribution in [1.29, 1.82) is 0 Å². The largest absolute Gasteiger partial charge is 1.00 e. The smallest absolute Gasteiger partial charge is 0.747 e. The molecule has 0 atom stereocenters. The van der Waals surface area contributed by atoms with Gasteiger partial charge in [0.25, 0.3) is 0 Å². The summed E-state index contributed by atoms with van der Waals surface area (Å²) in [6.07, 6.45) is 0. The Morgan fingerprint density at radius 2 is 1.79 bits per heavy atom. The van der Waals surface area contributed by atoms with Crippen molar-refractivity contribution in [2.24, 2.45) is 10.2 Å². The Kier molecular flexibility index (Phi) is 13.8. The van der Waals surface area contributed by atoms with Gasteiger partial charge in [0.05, 0.1) is 36.2 Å². The van der Waals surface area contributed by atoms with Crippen molar-refractivity contribution in [2.75, 3.05) is 18.3 Å². The van der Waals surface area contributed by atoms with Crippen molar-refractivity contribution in [3.05, 3.63) is 42.5 Å². The first kappa shape index (κ1) is 27.8. The number of methoxy groups -OCH3 is 1. The van der Waals surface area contributed by atoms with Crippen LogP contribution in [0.1, 0.15) is 0 Å². The Bertz CT molecular complexity index is 885. The van der Waals surface area contributed by atoms with E-state index in [4.69, 9.17) is 4.74 Å². The van der Waals surface area contributed by atoms with Crippen LogP contribution >= 0.6 is 12.0 Å². The molecular weight excluding hydrogens is 432 g/mol. The average molecular weight is 445 g/mol. The monoisotopic (exact) mass is 445 g/mol. The van der Waals surface area contributed by atoms with Crippen molar-refractivity contribution in [2.45, 2.75) is 4.90 Å². The van der Waals surface area contributed by atoms with Gasteiger partial charge in [0, 0.05) is 11.0 Å². The molecule has 0 spiro atoms. The van der Waals surface area contributed by atoms with E-state index in [0.29, 0.717) is 27.7 Å². The molecule has 0 amide bonds. The summed E-state index contributed by atoms with van der Waals surface area (Å²) in [7, 11) is -3.02. The standard InChI is InChI=1S/C14H15N3O7S2.2Na/c1-22-14-8-11(5-6-13(14)15-9-26(19,20)21)17-16-10-3-2-4-12(7-10)25-24-23-18;;/h2-8,15,18H,9H2,1H3,(H,19,20,21);;/q;2*+1/p-2. The number of hydrogen-bond acceptors (Lipinski definition) is 11. The molecule has 2 aromatic carbocycles. The van der Waals surface area contributed by atoms with Gasteiger partial charge in [0.2, 0.25) is 0 Å². The molecule has 0 saturated carbocycles. The van der Waals surface area contributed by atoms with Crippen molar-refractivity contribution < 1.29 is 91.5 Å². The first-order valence-electron chi connectivity index (χ1n) is 6.92. The van der Waals surface area contributed by atoms with Crippen LogP contribution in [0.25, 0.3) is 0 Å². The molecule has 14 heteroatoms. The van der Waals surface area contributed by atoms with Crippen LogP contribution in [0.2, 0.25) is 0 Å². The van der Waals surface area contributed by atoms with E-state index in [0.717, 1.165) is 12.0 Å². The Balaban J connectivity index is 0.00000364. The van der Waals surface area contributed by atoms with Crippen LogP contribution in [0.15, 0.2) is 57.6 Å². The summed E-state index contributed by atoms with van der Waals surface area (Å²) in [5.74, 6) is -0.459. The van der Waals surface area contributed by atoms with Crippen molar-refractivity contribution >= 4 is 39.2 Å². The third-order valence-electron chi connectivity index (χ3n) is 2.88. The van der Waals surface area contributed by atoms with E-state index in [9.17, 15) is 18.2 Å². The minimum absolute atomic E-state index is 0. The SMILES string of the molecule is COc1cc(N=Nc2cccc(SOO[O-])c2)ccc1NCS(=O)(=O)[O-].[Na+].[Na+]. The molecular formula is C14H13N3Na2O7S2. The predicted molar refractivity (Wildman–Crippen MR) is 89.8 cm³/mol. The number of nitrogens with zero attached hydrogens (tertiary/aromatic N) is 2. The molecule has 2 rings (SSSR count). The number of rotatable bonds is 9. The molecule has 0 radical (unpaired) electrons. The van der Waals surface area contributed by atoms with Crippen LogP contribution in [-0.2, 0) is 19.5 Å². The van der Waals surface area contributed by atoms with Crippen LogP contribution in [0.3, 0.4) is 0 Å². The molecule has 0 fully saturated rings. The molecule has 10 nitrogen and oxygen atoms in total. The van der Waals surface area contributed by atoms with Gasteiger partial charge in [-0.25, -0.2) is 8.42 Å². The molecule has 1 N–H and O–H groups in total. The fourth-order valence-corrected chi connectivity index (χ4v) is 2.56. The Hall–Kier alpha value is -0.220. The van der Waals surface area contributed by atoms with Gasteiger partial charge in [-0.1, -0.05) is 6.07 Å². The second-order valence-corrected chi connectivity index (χ2v) is 6.86. The van der Waals surface area contributed by atoms with E-state index >= 15 is 0 Å². The maximum absolute atomic E-state index is 10.7. The fourth-order valence-electron chi connectivity index (χ4n) is 1.82. The van der Waals surface area contributed by atoms with Crippen LogP contribution in [-0.4, -0.2) is 26.0 Å². The van der Waals surface area contributed by atoms with E-state index in [1.807, 2.05) is 0 Å². The number of nitrogens with one attached hydrogen (secondary N) is 1. The van der Waals surface area contributed by atoms with Crippen LogP contribution in [0, 0.1) is 0 Å². The molecule has 0 unspecified atom stereocenters. The minimum atomic E-state index is -4.41. The Morgan fingerprint density at radius 1 is 1.11 bits per heavy atom. The van der Waals surface area contributed by atoms with E-state index < -0.39 is 16.0 Å². The normalized spacial score (nSPS) is 10.8. The first-order chi connectivity index (χ1) is 12.4. The summed E-state index contributed by atoms with van der Waals surface area (Å²) in [5, 5.41) is 23.7. The van der Waals surface area contributed by atoms with E-state index in [-0.39, 0.29) is 59.1 Å². The Labute approximate surface area is 210 Å². The number of anilines is 1. The molecule has 0 aliphatic rings. The first-order valence-corrected chi connectivity index (χ1v) is 9.23. The van der Waals surface area contributed by atoms with Gasteiger partial charge in [-0.2, -0.15) is 14.6 Å². The molecule has 28 heavy (non-hydrogen) atoms. The van der Waals surface area contributed by atoms with E-state index in [1.165, 1.54) is 19.2 Å². The third kappa shape index (κ3) is 10.0. The van der Waals surface area contributed by atoms with E-state index in [1.54, 1.807) is 30.3 Å². The summed E-state index contributed by atoms with van der Waals surface area (Å²) < 4.78 is 41.5. The molecule has 0 saturated heterocycles. The Morgan fingerprint density at radius 3 is 2.39 bits per heavy atom. The summed E-state index contributed by atoms with van der Waals surface area (Å²) in [6.45, 7) is 0. The fraction of sp³-hybridized carbons (Fsp3) is 0.143. The third-order valence-corrected chi connectivity index (χ3v) is 3.95. The van der Waals surface area contributed by atoms with Crippen LogP contribution in [0.4, 0.5) is 17.1 Å². The average Bonchev–Trinajstić information content (AvgIpc) is 2.63. The molecule has 0 aliphatic heterocycles. The van der Waals surface area contributed by atoms with E-state index in [2.05, 4.69) is 24.9 Å². The molecule has 2 aromatic rings. The summed E-state index contributed by atoms with van der Waals surface area (Å²) in [4.78, 5) is 0.591.